The maximum absolute atomic E-state index is 12.9. The van der Waals surface area contributed by atoms with E-state index < -0.39 is 0 Å². The van der Waals surface area contributed by atoms with Crippen molar-refractivity contribution in [3.63, 3.8) is 0 Å². The highest BCUT2D eigenvalue weighted by atomic mass is 19.1. The molecule has 0 fully saturated rings. The molecule has 0 aliphatic heterocycles. The second kappa shape index (κ2) is 4.03. The smallest absolute Gasteiger partial charge is 0.123 e. The third kappa shape index (κ3) is 2.18. The molecule has 0 saturated carbocycles. The van der Waals surface area contributed by atoms with Gasteiger partial charge in [0.15, 0.2) is 0 Å². The number of hydrogen-bond donors (Lipinski definition) is 0. The van der Waals surface area contributed by atoms with E-state index in [0.29, 0.717) is 0 Å². The molecule has 0 saturated heterocycles. The van der Waals surface area contributed by atoms with Gasteiger partial charge in [-0.05, 0) is 38.4 Å². The Labute approximate surface area is 88.9 Å². The Bertz CT molecular complexity index is 460. The number of likely N-dealkylation sites (N-methyl/N-ethyl adjacent to an activating group) is 1. The van der Waals surface area contributed by atoms with Crippen LogP contribution in [0.15, 0.2) is 30.5 Å². The van der Waals surface area contributed by atoms with Crippen molar-refractivity contribution in [1.29, 1.82) is 0 Å². The fourth-order valence-corrected chi connectivity index (χ4v) is 1.67. The molecule has 0 radical (unpaired) electrons. The van der Waals surface area contributed by atoms with Gasteiger partial charge in [0.05, 0.1) is 0 Å². The van der Waals surface area contributed by atoms with Crippen LogP contribution < -0.4 is 0 Å². The Morgan fingerprint density at radius 3 is 2.80 bits per heavy atom. The highest BCUT2D eigenvalue weighted by molar-refractivity contribution is 5.80. The monoisotopic (exact) mass is 206 g/mol. The fourth-order valence-electron chi connectivity index (χ4n) is 1.67. The van der Waals surface area contributed by atoms with Crippen molar-refractivity contribution in [3.8, 4) is 0 Å². The first-order valence-electron chi connectivity index (χ1n) is 5.06. The van der Waals surface area contributed by atoms with E-state index in [2.05, 4.69) is 9.47 Å². The van der Waals surface area contributed by atoms with Crippen molar-refractivity contribution in [2.24, 2.45) is 0 Å². The summed E-state index contributed by atoms with van der Waals surface area (Å²) in [6.07, 6.45) is 2.01. The van der Waals surface area contributed by atoms with Crippen molar-refractivity contribution < 1.29 is 4.39 Å². The molecule has 1 heterocycles. The topological polar surface area (TPSA) is 8.17 Å². The second-order valence-electron chi connectivity index (χ2n) is 4.02. The lowest BCUT2D eigenvalue weighted by atomic mass is 10.2. The zero-order valence-electron chi connectivity index (χ0n) is 9.07. The van der Waals surface area contributed by atoms with E-state index in [1.54, 1.807) is 6.07 Å². The molecule has 0 aliphatic carbocycles. The number of nitrogens with zero attached hydrogens (tertiary/aromatic N) is 2. The molecule has 0 atom stereocenters. The average molecular weight is 206 g/mol. The molecule has 0 spiro atoms. The van der Waals surface area contributed by atoms with E-state index in [1.807, 2.05) is 32.4 Å². The lowest BCUT2D eigenvalue weighted by molar-refractivity contribution is 0.387. The summed E-state index contributed by atoms with van der Waals surface area (Å²) >= 11 is 0. The van der Waals surface area contributed by atoms with Crippen molar-refractivity contribution in [2.45, 2.75) is 6.54 Å². The quantitative estimate of drug-likeness (QED) is 0.748. The highest BCUT2D eigenvalue weighted by Gasteiger charge is 2.01. The van der Waals surface area contributed by atoms with Crippen molar-refractivity contribution in [3.05, 3.63) is 36.3 Å². The molecular formula is C12H15FN2. The highest BCUT2D eigenvalue weighted by Crippen LogP contribution is 2.16. The number of aromatic nitrogens is 1. The van der Waals surface area contributed by atoms with Crippen LogP contribution in [0, 0.1) is 5.82 Å². The molecule has 2 rings (SSSR count). The second-order valence-corrected chi connectivity index (χ2v) is 4.02. The normalized spacial score (nSPS) is 11.5. The molecule has 2 aromatic rings. The molecular weight excluding hydrogens is 191 g/mol. The van der Waals surface area contributed by atoms with Crippen LogP contribution in [0.25, 0.3) is 10.9 Å². The van der Waals surface area contributed by atoms with Gasteiger partial charge in [0, 0.05) is 30.2 Å². The third-order valence-electron chi connectivity index (χ3n) is 2.52. The predicted octanol–water partition coefficient (Wildman–Crippen LogP) is 2.34. The summed E-state index contributed by atoms with van der Waals surface area (Å²) in [6, 6.07) is 6.87. The van der Waals surface area contributed by atoms with Gasteiger partial charge in [-0.1, -0.05) is 0 Å². The van der Waals surface area contributed by atoms with Gasteiger partial charge in [0.25, 0.3) is 0 Å². The number of fused-ring (bicyclic) bond motifs is 1. The standard InChI is InChI=1S/C12H15FN2/c1-14(2)7-8-15-6-5-10-9-11(13)3-4-12(10)15/h3-6,9H,7-8H2,1-2H3. The lowest BCUT2D eigenvalue weighted by Gasteiger charge is -2.11. The predicted molar refractivity (Wildman–Crippen MR) is 60.5 cm³/mol. The van der Waals surface area contributed by atoms with Crippen molar-refractivity contribution in [1.82, 2.24) is 9.47 Å². The minimum Gasteiger partial charge on any atom is -0.346 e. The Morgan fingerprint density at radius 1 is 1.27 bits per heavy atom. The van der Waals surface area contributed by atoms with E-state index in [9.17, 15) is 4.39 Å². The van der Waals surface area contributed by atoms with Crippen LogP contribution in [0.5, 0.6) is 0 Å². The first kappa shape index (κ1) is 10.2. The maximum atomic E-state index is 12.9. The average Bonchev–Trinajstić information content (AvgIpc) is 2.57. The zero-order chi connectivity index (χ0) is 10.8. The zero-order valence-corrected chi connectivity index (χ0v) is 9.07. The van der Waals surface area contributed by atoms with E-state index in [4.69, 9.17) is 0 Å². The summed E-state index contributed by atoms with van der Waals surface area (Å²) in [5, 5.41) is 0.966. The van der Waals surface area contributed by atoms with E-state index >= 15 is 0 Å². The number of halogens is 1. The fraction of sp³-hybridized carbons (Fsp3) is 0.333. The molecule has 0 bridgehead atoms. The van der Waals surface area contributed by atoms with Crippen LogP contribution in [0.4, 0.5) is 4.39 Å². The van der Waals surface area contributed by atoms with Crippen LogP contribution in [0.1, 0.15) is 0 Å². The van der Waals surface area contributed by atoms with E-state index in [1.165, 1.54) is 6.07 Å². The Hall–Kier alpha value is -1.35. The molecule has 0 N–H and O–H groups in total. The number of benzene rings is 1. The lowest BCUT2D eigenvalue weighted by Crippen LogP contribution is -2.17. The third-order valence-corrected chi connectivity index (χ3v) is 2.52. The molecule has 0 amide bonds. The molecule has 0 aliphatic rings. The van der Waals surface area contributed by atoms with Crippen molar-refractivity contribution in [2.75, 3.05) is 20.6 Å². The summed E-state index contributed by atoms with van der Waals surface area (Å²) < 4.78 is 15.1. The van der Waals surface area contributed by atoms with Crippen LogP contribution in [0.3, 0.4) is 0 Å². The van der Waals surface area contributed by atoms with Gasteiger partial charge < -0.3 is 9.47 Å². The SMILES string of the molecule is CN(C)CCn1ccc2cc(F)ccc21. The molecule has 1 aromatic carbocycles. The van der Waals surface area contributed by atoms with Crippen molar-refractivity contribution >= 4 is 10.9 Å². The van der Waals surface area contributed by atoms with Gasteiger partial charge >= 0.3 is 0 Å². The Balaban J connectivity index is 2.29. The van der Waals surface area contributed by atoms with E-state index in [0.717, 1.165) is 24.0 Å². The first-order valence-corrected chi connectivity index (χ1v) is 5.06. The van der Waals surface area contributed by atoms with Crippen LogP contribution >= 0.6 is 0 Å². The summed E-state index contributed by atoms with van der Waals surface area (Å²) in [5.74, 6) is -0.173. The largest absolute Gasteiger partial charge is 0.346 e. The minimum atomic E-state index is -0.173. The van der Waals surface area contributed by atoms with Crippen LogP contribution in [0.2, 0.25) is 0 Å². The van der Waals surface area contributed by atoms with Gasteiger partial charge in [0.2, 0.25) is 0 Å². The van der Waals surface area contributed by atoms with Gasteiger partial charge in [-0.3, -0.25) is 0 Å². The van der Waals surface area contributed by atoms with Gasteiger partial charge in [-0.2, -0.15) is 0 Å². The minimum absolute atomic E-state index is 0.173. The van der Waals surface area contributed by atoms with Gasteiger partial charge in [-0.25, -0.2) is 4.39 Å². The van der Waals surface area contributed by atoms with Crippen LogP contribution in [-0.2, 0) is 6.54 Å². The van der Waals surface area contributed by atoms with Crippen LogP contribution in [-0.4, -0.2) is 30.1 Å². The molecule has 1 aromatic heterocycles. The number of hydrogen-bond acceptors (Lipinski definition) is 1. The molecule has 2 nitrogen and oxygen atoms in total. The number of rotatable bonds is 3. The van der Waals surface area contributed by atoms with E-state index in [-0.39, 0.29) is 5.82 Å². The molecule has 80 valence electrons. The summed E-state index contributed by atoms with van der Waals surface area (Å²) in [6.45, 7) is 1.92. The summed E-state index contributed by atoms with van der Waals surface area (Å²) in [4.78, 5) is 2.13. The molecule has 3 heteroatoms. The molecule has 15 heavy (non-hydrogen) atoms. The molecule has 0 unspecified atom stereocenters. The summed E-state index contributed by atoms with van der Waals surface area (Å²) in [5.41, 5.74) is 1.10. The maximum Gasteiger partial charge on any atom is 0.123 e. The Kier molecular flexibility index (Phi) is 2.73. The first-order chi connectivity index (χ1) is 7.16. The van der Waals surface area contributed by atoms with Gasteiger partial charge in [-0.15, -0.1) is 0 Å². The van der Waals surface area contributed by atoms with Gasteiger partial charge in [0.1, 0.15) is 5.82 Å². The Morgan fingerprint density at radius 2 is 2.07 bits per heavy atom. The summed E-state index contributed by atoms with van der Waals surface area (Å²) in [7, 11) is 4.09.